The number of urea groups is 1. The number of furan rings is 1. The van der Waals surface area contributed by atoms with Crippen molar-refractivity contribution in [2.75, 3.05) is 0 Å². The summed E-state index contributed by atoms with van der Waals surface area (Å²) in [5.41, 5.74) is 0. The molecule has 1 aromatic heterocycles. The lowest BCUT2D eigenvalue weighted by molar-refractivity contribution is 0.229. The molecule has 1 unspecified atom stereocenters. The van der Waals surface area contributed by atoms with Gasteiger partial charge in [0, 0.05) is 18.5 Å². The van der Waals surface area contributed by atoms with Crippen LogP contribution in [0.3, 0.4) is 0 Å². The van der Waals surface area contributed by atoms with E-state index in [0.717, 1.165) is 25.0 Å². The van der Waals surface area contributed by atoms with Crippen LogP contribution in [-0.2, 0) is 6.42 Å². The zero-order valence-corrected chi connectivity index (χ0v) is 10.9. The van der Waals surface area contributed by atoms with E-state index >= 15 is 0 Å². The van der Waals surface area contributed by atoms with Gasteiger partial charge in [-0.05, 0) is 31.9 Å². The second-order valence-corrected chi connectivity index (χ2v) is 5.14. The van der Waals surface area contributed by atoms with Crippen molar-refractivity contribution in [2.24, 2.45) is 0 Å². The molecule has 2 rings (SSSR count). The first-order valence-corrected chi connectivity index (χ1v) is 6.83. The minimum Gasteiger partial charge on any atom is -0.469 e. The van der Waals surface area contributed by atoms with Crippen LogP contribution < -0.4 is 10.6 Å². The maximum absolute atomic E-state index is 11.8. The number of amides is 2. The molecule has 1 aliphatic carbocycles. The Labute approximate surface area is 108 Å². The molecule has 18 heavy (non-hydrogen) atoms. The Balaban J connectivity index is 1.69. The van der Waals surface area contributed by atoms with Crippen LogP contribution in [0, 0.1) is 0 Å². The molecule has 0 bridgehead atoms. The SMILES string of the molecule is CC(Cc1ccco1)NC(=O)NC1CCCCC1. The number of nitrogens with one attached hydrogen (secondary N) is 2. The van der Waals surface area contributed by atoms with E-state index in [-0.39, 0.29) is 12.1 Å². The third-order valence-electron chi connectivity index (χ3n) is 3.41. The summed E-state index contributed by atoms with van der Waals surface area (Å²) in [7, 11) is 0. The van der Waals surface area contributed by atoms with Gasteiger partial charge in [-0.1, -0.05) is 19.3 Å². The minimum atomic E-state index is -0.0547. The molecule has 0 saturated heterocycles. The first kappa shape index (κ1) is 13.0. The molecule has 1 heterocycles. The Morgan fingerprint density at radius 2 is 2.22 bits per heavy atom. The molecule has 0 radical (unpaired) electrons. The van der Waals surface area contributed by atoms with Gasteiger partial charge < -0.3 is 15.1 Å². The summed E-state index contributed by atoms with van der Waals surface area (Å²) in [4.78, 5) is 11.8. The quantitative estimate of drug-likeness (QED) is 0.863. The van der Waals surface area contributed by atoms with E-state index in [1.165, 1.54) is 19.3 Å². The second-order valence-electron chi connectivity index (χ2n) is 5.14. The van der Waals surface area contributed by atoms with Crippen LogP contribution in [-0.4, -0.2) is 18.1 Å². The van der Waals surface area contributed by atoms with Crippen LogP contribution in [0.1, 0.15) is 44.8 Å². The Bertz CT molecular complexity index is 356. The maximum atomic E-state index is 11.8. The highest BCUT2D eigenvalue weighted by Crippen LogP contribution is 2.17. The Kier molecular flexibility index (Phi) is 4.67. The van der Waals surface area contributed by atoms with Crippen LogP contribution in [0.15, 0.2) is 22.8 Å². The summed E-state index contributed by atoms with van der Waals surface area (Å²) >= 11 is 0. The van der Waals surface area contributed by atoms with Crippen molar-refractivity contribution >= 4 is 6.03 Å². The van der Waals surface area contributed by atoms with Crippen molar-refractivity contribution in [1.29, 1.82) is 0 Å². The van der Waals surface area contributed by atoms with E-state index in [2.05, 4.69) is 10.6 Å². The van der Waals surface area contributed by atoms with E-state index < -0.39 is 0 Å². The van der Waals surface area contributed by atoms with E-state index in [9.17, 15) is 4.79 Å². The summed E-state index contributed by atoms with van der Waals surface area (Å²) in [5.74, 6) is 0.903. The fourth-order valence-electron chi connectivity index (χ4n) is 2.48. The monoisotopic (exact) mass is 250 g/mol. The van der Waals surface area contributed by atoms with Gasteiger partial charge in [0.05, 0.1) is 6.26 Å². The van der Waals surface area contributed by atoms with Gasteiger partial charge in [0.15, 0.2) is 0 Å². The lowest BCUT2D eigenvalue weighted by Crippen LogP contribution is -2.46. The molecule has 0 aliphatic heterocycles. The van der Waals surface area contributed by atoms with Crippen LogP contribution in [0.4, 0.5) is 4.79 Å². The van der Waals surface area contributed by atoms with E-state index in [1.807, 2.05) is 19.1 Å². The lowest BCUT2D eigenvalue weighted by atomic mass is 9.96. The molecule has 2 N–H and O–H groups in total. The average molecular weight is 250 g/mol. The highest BCUT2D eigenvalue weighted by molar-refractivity contribution is 5.74. The highest BCUT2D eigenvalue weighted by Gasteiger charge is 2.16. The molecule has 0 spiro atoms. The molecule has 4 nitrogen and oxygen atoms in total. The van der Waals surface area contributed by atoms with Crippen molar-refractivity contribution in [3.05, 3.63) is 24.2 Å². The molecule has 1 fully saturated rings. The zero-order valence-electron chi connectivity index (χ0n) is 10.9. The van der Waals surface area contributed by atoms with Gasteiger partial charge in [-0.2, -0.15) is 0 Å². The fourth-order valence-corrected chi connectivity index (χ4v) is 2.48. The first-order chi connectivity index (χ1) is 8.74. The topological polar surface area (TPSA) is 54.3 Å². The van der Waals surface area contributed by atoms with Gasteiger partial charge in [0.25, 0.3) is 0 Å². The lowest BCUT2D eigenvalue weighted by Gasteiger charge is -2.24. The molecule has 1 aliphatic rings. The number of rotatable bonds is 4. The summed E-state index contributed by atoms with van der Waals surface area (Å²) < 4.78 is 5.26. The predicted molar refractivity (Wildman–Crippen MR) is 70.4 cm³/mol. The molecular weight excluding hydrogens is 228 g/mol. The van der Waals surface area contributed by atoms with Gasteiger partial charge in [-0.15, -0.1) is 0 Å². The van der Waals surface area contributed by atoms with Crippen LogP contribution >= 0.6 is 0 Å². The highest BCUT2D eigenvalue weighted by atomic mass is 16.3. The number of hydrogen-bond donors (Lipinski definition) is 2. The summed E-state index contributed by atoms with van der Waals surface area (Å²) in [6.07, 6.45) is 8.36. The normalized spacial score (nSPS) is 18.3. The Morgan fingerprint density at radius 3 is 2.89 bits per heavy atom. The molecule has 1 saturated carbocycles. The number of carbonyl (C=O) groups excluding carboxylic acids is 1. The van der Waals surface area contributed by atoms with Gasteiger partial charge in [0.2, 0.25) is 0 Å². The molecule has 1 atom stereocenters. The summed E-state index contributed by atoms with van der Waals surface area (Å²) in [5, 5.41) is 6.00. The van der Waals surface area contributed by atoms with Crippen molar-refractivity contribution in [3.8, 4) is 0 Å². The molecule has 100 valence electrons. The van der Waals surface area contributed by atoms with Crippen LogP contribution in [0.2, 0.25) is 0 Å². The zero-order chi connectivity index (χ0) is 12.8. The van der Waals surface area contributed by atoms with Gasteiger partial charge in [-0.3, -0.25) is 0 Å². The predicted octanol–water partition coefficient (Wildman–Crippen LogP) is 2.84. The standard InChI is InChI=1S/C14H22N2O2/c1-11(10-13-8-5-9-18-13)15-14(17)16-12-6-3-2-4-7-12/h5,8-9,11-12H,2-4,6-7,10H2,1H3,(H2,15,16,17). The smallest absolute Gasteiger partial charge is 0.315 e. The molecule has 1 aromatic rings. The largest absolute Gasteiger partial charge is 0.469 e. The second kappa shape index (κ2) is 6.47. The molecule has 2 amide bonds. The van der Waals surface area contributed by atoms with Crippen molar-refractivity contribution < 1.29 is 9.21 Å². The van der Waals surface area contributed by atoms with Crippen LogP contribution in [0.25, 0.3) is 0 Å². The third-order valence-corrected chi connectivity index (χ3v) is 3.41. The van der Waals surface area contributed by atoms with Crippen molar-refractivity contribution in [2.45, 2.75) is 57.5 Å². The Hall–Kier alpha value is -1.45. The fraction of sp³-hybridized carbons (Fsp3) is 0.643. The van der Waals surface area contributed by atoms with E-state index in [1.54, 1.807) is 6.26 Å². The van der Waals surface area contributed by atoms with Crippen molar-refractivity contribution in [1.82, 2.24) is 10.6 Å². The van der Waals surface area contributed by atoms with Gasteiger partial charge in [0.1, 0.15) is 5.76 Å². The Morgan fingerprint density at radius 1 is 1.44 bits per heavy atom. The van der Waals surface area contributed by atoms with Gasteiger partial charge in [-0.25, -0.2) is 4.79 Å². The summed E-state index contributed by atoms with van der Waals surface area (Å²) in [6, 6.07) is 4.18. The minimum absolute atomic E-state index is 0.0547. The maximum Gasteiger partial charge on any atom is 0.315 e. The molecule has 0 aromatic carbocycles. The van der Waals surface area contributed by atoms with Crippen molar-refractivity contribution in [3.63, 3.8) is 0 Å². The van der Waals surface area contributed by atoms with E-state index in [0.29, 0.717) is 6.04 Å². The number of hydrogen-bond acceptors (Lipinski definition) is 2. The summed E-state index contributed by atoms with van der Waals surface area (Å²) in [6.45, 7) is 1.99. The van der Waals surface area contributed by atoms with E-state index in [4.69, 9.17) is 4.42 Å². The molecular formula is C14H22N2O2. The first-order valence-electron chi connectivity index (χ1n) is 6.83. The third kappa shape index (κ3) is 4.09. The van der Waals surface area contributed by atoms with Gasteiger partial charge >= 0.3 is 6.03 Å². The number of carbonyl (C=O) groups is 1. The van der Waals surface area contributed by atoms with Crippen LogP contribution in [0.5, 0.6) is 0 Å². The average Bonchev–Trinajstić information content (AvgIpc) is 2.82. The molecule has 4 heteroatoms.